The number of halogens is 1. The summed E-state index contributed by atoms with van der Waals surface area (Å²) in [7, 11) is 1.28. The lowest BCUT2D eigenvalue weighted by molar-refractivity contribution is -0.140. The summed E-state index contributed by atoms with van der Waals surface area (Å²) in [6.07, 6.45) is -0.0421. The molecule has 0 heterocycles. The fourth-order valence-electron chi connectivity index (χ4n) is 1.75. The monoisotopic (exact) mass is 267 g/mol. The Hall–Kier alpha value is -1.75. The van der Waals surface area contributed by atoms with Crippen LogP contribution in [0.25, 0.3) is 0 Å². The Morgan fingerprint density at radius 1 is 1.42 bits per heavy atom. The second-order valence-electron chi connectivity index (χ2n) is 4.22. The summed E-state index contributed by atoms with van der Waals surface area (Å²) >= 11 is 0. The number of ketones is 1. The molecule has 5 heteroatoms. The third-order valence-electron chi connectivity index (χ3n) is 2.81. The van der Waals surface area contributed by atoms with Gasteiger partial charge in [-0.3, -0.25) is 9.59 Å². The molecule has 1 N–H and O–H groups in total. The summed E-state index contributed by atoms with van der Waals surface area (Å²) in [5.41, 5.74) is 0.785. The summed E-state index contributed by atoms with van der Waals surface area (Å²) in [4.78, 5) is 23.5. The van der Waals surface area contributed by atoms with Gasteiger partial charge < -0.3 is 10.1 Å². The van der Waals surface area contributed by atoms with Gasteiger partial charge in [0.05, 0.1) is 19.6 Å². The van der Waals surface area contributed by atoms with Crippen LogP contribution in [0.1, 0.15) is 29.3 Å². The highest BCUT2D eigenvalue weighted by atomic mass is 19.1. The Morgan fingerprint density at radius 2 is 2.11 bits per heavy atom. The third kappa shape index (κ3) is 4.13. The van der Waals surface area contributed by atoms with Gasteiger partial charge in [0.25, 0.3) is 0 Å². The molecule has 104 valence electrons. The van der Waals surface area contributed by atoms with Gasteiger partial charge in [0.15, 0.2) is 5.78 Å². The highest BCUT2D eigenvalue weighted by Crippen LogP contribution is 2.12. The fraction of sp³-hybridized carbons (Fsp3) is 0.429. The van der Waals surface area contributed by atoms with Crippen LogP contribution in [0.2, 0.25) is 0 Å². The molecule has 4 nitrogen and oxygen atoms in total. The van der Waals surface area contributed by atoms with Crippen LogP contribution in [0.4, 0.5) is 4.39 Å². The number of ether oxygens (including phenoxy) is 1. The predicted molar refractivity (Wildman–Crippen MR) is 69.6 cm³/mol. The van der Waals surface area contributed by atoms with Gasteiger partial charge in [-0.1, -0.05) is 6.92 Å². The van der Waals surface area contributed by atoms with Crippen molar-refractivity contribution in [2.75, 3.05) is 13.7 Å². The van der Waals surface area contributed by atoms with Gasteiger partial charge in [-0.05, 0) is 37.2 Å². The van der Waals surface area contributed by atoms with Crippen LogP contribution in [0.3, 0.4) is 0 Å². The van der Waals surface area contributed by atoms with Gasteiger partial charge in [-0.25, -0.2) is 4.39 Å². The Kier molecular flexibility index (Phi) is 5.63. The van der Waals surface area contributed by atoms with Gasteiger partial charge in [0.1, 0.15) is 5.82 Å². The zero-order valence-electron chi connectivity index (χ0n) is 11.3. The highest BCUT2D eigenvalue weighted by molar-refractivity contribution is 6.01. The summed E-state index contributed by atoms with van der Waals surface area (Å²) in [5.74, 6) is -1.06. The van der Waals surface area contributed by atoms with E-state index in [0.29, 0.717) is 17.7 Å². The number of carbonyl (C=O) groups excluding carboxylic acids is 2. The molecular weight excluding hydrogens is 249 g/mol. The minimum atomic E-state index is -0.651. The smallest absolute Gasteiger partial charge is 0.307 e. The van der Waals surface area contributed by atoms with Crippen molar-refractivity contribution in [1.82, 2.24) is 5.32 Å². The van der Waals surface area contributed by atoms with E-state index in [9.17, 15) is 14.0 Å². The molecule has 1 aromatic rings. The van der Waals surface area contributed by atoms with Gasteiger partial charge in [-0.2, -0.15) is 0 Å². The summed E-state index contributed by atoms with van der Waals surface area (Å²) in [6, 6.07) is 3.51. The molecular formula is C14H18FNO3. The first kappa shape index (κ1) is 15.3. The van der Waals surface area contributed by atoms with Gasteiger partial charge in [-0.15, -0.1) is 0 Å². The molecule has 0 saturated carbocycles. The lowest BCUT2D eigenvalue weighted by Gasteiger charge is -2.15. The largest absolute Gasteiger partial charge is 0.469 e. The zero-order chi connectivity index (χ0) is 14.4. The SMILES string of the molecule is CCNC(CC(=O)OC)C(=O)c1ccc(F)c(C)c1. The van der Waals surface area contributed by atoms with E-state index in [1.54, 1.807) is 6.92 Å². The first-order chi connectivity index (χ1) is 8.99. The van der Waals surface area contributed by atoms with Crippen LogP contribution >= 0.6 is 0 Å². The number of hydrogen-bond donors (Lipinski definition) is 1. The molecule has 0 aliphatic rings. The lowest BCUT2D eigenvalue weighted by Crippen LogP contribution is -2.38. The van der Waals surface area contributed by atoms with Gasteiger partial charge >= 0.3 is 5.97 Å². The van der Waals surface area contributed by atoms with Crippen molar-refractivity contribution in [3.8, 4) is 0 Å². The minimum Gasteiger partial charge on any atom is -0.469 e. The Balaban J connectivity index is 2.91. The number of rotatable bonds is 6. The van der Waals surface area contributed by atoms with Crippen molar-refractivity contribution in [1.29, 1.82) is 0 Å². The summed E-state index contributed by atoms with van der Waals surface area (Å²) in [5, 5.41) is 2.94. The van der Waals surface area contributed by atoms with E-state index in [0.717, 1.165) is 0 Å². The number of methoxy groups -OCH3 is 1. The maximum atomic E-state index is 13.2. The number of Topliss-reactive ketones (excluding diaryl/α,β-unsaturated/α-hetero) is 1. The number of likely N-dealkylation sites (N-methyl/N-ethyl adjacent to an activating group) is 1. The molecule has 1 rings (SSSR count). The molecule has 0 saturated heterocycles. The van der Waals surface area contributed by atoms with E-state index in [4.69, 9.17) is 0 Å². The number of benzene rings is 1. The van der Waals surface area contributed by atoms with Crippen molar-refractivity contribution in [2.45, 2.75) is 26.3 Å². The molecule has 0 spiro atoms. The second-order valence-corrected chi connectivity index (χ2v) is 4.22. The van der Waals surface area contributed by atoms with Crippen molar-refractivity contribution in [3.63, 3.8) is 0 Å². The van der Waals surface area contributed by atoms with E-state index in [1.807, 2.05) is 6.92 Å². The number of carbonyl (C=O) groups is 2. The van der Waals surface area contributed by atoms with Crippen LogP contribution in [0, 0.1) is 12.7 Å². The summed E-state index contributed by atoms with van der Waals surface area (Å²) in [6.45, 7) is 3.98. The molecule has 0 aliphatic carbocycles. The molecule has 0 aromatic heterocycles. The zero-order valence-corrected chi connectivity index (χ0v) is 11.3. The van der Waals surface area contributed by atoms with Crippen LogP contribution in [-0.2, 0) is 9.53 Å². The van der Waals surface area contributed by atoms with Crippen LogP contribution in [0.15, 0.2) is 18.2 Å². The molecule has 1 atom stereocenters. The van der Waals surface area contributed by atoms with Crippen molar-refractivity contribution in [2.24, 2.45) is 0 Å². The number of nitrogens with one attached hydrogen (secondary N) is 1. The normalized spacial score (nSPS) is 12.0. The van der Waals surface area contributed by atoms with Crippen LogP contribution in [0.5, 0.6) is 0 Å². The van der Waals surface area contributed by atoms with Crippen molar-refractivity contribution >= 4 is 11.8 Å². The Bertz CT molecular complexity index is 474. The molecule has 0 bridgehead atoms. The minimum absolute atomic E-state index is 0.0421. The lowest BCUT2D eigenvalue weighted by atomic mass is 10.00. The Morgan fingerprint density at radius 3 is 2.63 bits per heavy atom. The topological polar surface area (TPSA) is 55.4 Å². The molecule has 0 aliphatic heterocycles. The van der Waals surface area contributed by atoms with Gasteiger partial charge in [0, 0.05) is 5.56 Å². The quantitative estimate of drug-likeness (QED) is 0.631. The molecule has 1 unspecified atom stereocenters. The molecule has 0 amide bonds. The van der Waals surface area contributed by atoms with Crippen LogP contribution in [-0.4, -0.2) is 31.4 Å². The standard InChI is InChI=1S/C14H18FNO3/c1-4-16-12(8-13(17)19-3)14(18)10-5-6-11(15)9(2)7-10/h5-7,12,16H,4,8H2,1-3H3. The fourth-order valence-corrected chi connectivity index (χ4v) is 1.75. The first-order valence-corrected chi connectivity index (χ1v) is 6.10. The van der Waals surface area contributed by atoms with E-state index < -0.39 is 12.0 Å². The maximum Gasteiger partial charge on any atom is 0.307 e. The number of esters is 1. The number of aryl methyl sites for hydroxylation is 1. The van der Waals surface area contributed by atoms with E-state index in [-0.39, 0.29) is 18.0 Å². The molecule has 0 fully saturated rings. The highest BCUT2D eigenvalue weighted by Gasteiger charge is 2.23. The third-order valence-corrected chi connectivity index (χ3v) is 2.81. The number of hydrogen-bond acceptors (Lipinski definition) is 4. The van der Waals surface area contributed by atoms with E-state index >= 15 is 0 Å². The van der Waals surface area contributed by atoms with Crippen molar-refractivity contribution < 1.29 is 18.7 Å². The Labute approximate surface area is 112 Å². The second kappa shape index (κ2) is 6.99. The van der Waals surface area contributed by atoms with E-state index in [1.165, 1.54) is 25.3 Å². The predicted octanol–water partition coefficient (Wildman–Crippen LogP) is 1.86. The molecule has 1 aromatic carbocycles. The molecule has 19 heavy (non-hydrogen) atoms. The van der Waals surface area contributed by atoms with Crippen molar-refractivity contribution in [3.05, 3.63) is 35.1 Å². The van der Waals surface area contributed by atoms with Crippen LogP contribution < -0.4 is 5.32 Å². The average molecular weight is 267 g/mol. The summed E-state index contributed by atoms with van der Waals surface area (Å²) < 4.78 is 17.7. The first-order valence-electron chi connectivity index (χ1n) is 6.10. The van der Waals surface area contributed by atoms with Gasteiger partial charge in [0.2, 0.25) is 0 Å². The molecule has 0 radical (unpaired) electrons. The van der Waals surface area contributed by atoms with E-state index in [2.05, 4.69) is 10.1 Å². The maximum absolute atomic E-state index is 13.2. The average Bonchev–Trinajstić information content (AvgIpc) is 2.40.